The zero-order chi connectivity index (χ0) is 15.8. The molecule has 2 rings (SSSR count). The van der Waals surface area contributed by atoms with E-state index in [9.17, 15) is 9.90 Å². The fraction of sp³-hybridized carbons (Fsp3) is 0.278. The number of aryl methyl sites for hydroxylation is 1. The Morgan fingerprint density at radius 2 is 1.73 bits per heavy atom. The number of hydrogen-bond donors (Lipinski definition) is 2. The highest BCUT2D eigenvalue weighted by atomic mass is 35.5. The van der Waals surface area contributed by atoms with Crippen LogP contribution in [-0.2, 0) is 17.6 Å². The third-order valence-corrected chi connectivity index (χ3v) is 3.97. The summed E-state index contributed by atoms with van der Waals surface area (Å²) in [5, 5.41) is 13.1. The topological polar surface area (TPSA) is 49.3 Å². The molecule has 0 aliphatic rings. The van der Waals surface area contributed by atoms with Crippen molar-refractivity contribution in [3.8, 4) is 0 Å². The van der Waals surface area contributed by atoms with E-state index >= 15 is 0 Å². The molecule has 0 radical (unpaired) electrons. The molecule has 2 N–H and O–H groups in total. The maximum Gasteiger partial charge on any atom is 0.320 e. The smallest absolute Gasteiger partial charge is 0.320 e. The number of carboxylic acid groups (broad SMARTS) is 1. The summed E-state index contributed by atoms with van der Waals surface area (Å²) in [6.45, 7) is 0.642. The van der Waals surface area contributed by atoms with Crippen molar-refractivity contribution in [2.45, 2.75) is 25.3 Å². The van der Waals surface area contributed by atoms with Crippen LogP contribution < -0.4 is 5.32 Å². The predicted octanol–water partition coefficient (Wildman–Crippen LogP) is 3.56. The van der Waals surface area contributed by atoms with Crippen LogP contribution >= 0.6 is 11.6 Å². The summed E-state index contributed by atoms with van der Waals surface area (Å²) in [6.07, 6.45) is 1.99. The summed E-state index contributed by atoms with van der Waals surface area (Å²) in [5.74, 6) is -0.819. The monoisotopic (exact) mass is 317 g/mol. The second-order valence-electron chi connectivity index (χ2n) is 5.21. The molecule has 1 unspecified atom stereocenters. The second-order valence-corrected chi connectivity index (χ2v) is 5.62. The average Bonchev–Trinajstić information content (AvgIpc) is 2.53. The molecule has 0 spiro atoms. The largest absolute Gasteiger partial charge is 0.480 e. The molecule has 0 bridgehead atoms. The van der Waals surface area contributed by atoms with Gasteiger partial charge in [0.05, 0.1) is 0 Å². The highest BCUT2D eigenvalue weighted by molar-refractivity contribution is 6.31. The van der Waals surface area contributed by atoms with Gasteiger partial charge in [-0.15, -0.1) is 0 Å². The van der Waals surface area contributed by atoms with Crippen molar-refractivity contribution in [2.75, 3.05) is 6.54 Å². The van der Waals surface area contributed by atoms with Crippen LogP contribution in [0.2, 0.25) is 5.02 Å². The van der Waals surface area contributed by atoms with E-state index in [2.05, 4.69) is 5.32 Å². The Kier molecular flexibility index (Phi) is 6.44. The lowest BCUT2D eigenvalue weighted by Gasteiger charge is -2.15. The van der Waals surface area contributed by atoms with Gasteiger partial charge in [-0.2, -0.15) is 0 Å². The fourth-order valence-corrected chi connectivity index (χ4v) is 2.58. The highest BCUT2D eigenvalue weighted by Gasteiger charge is 2.16. The molecule has 22 heavy (non-hydrogen) atoms. The number of rotatable bonds is 8. The SMILES string of the molecule is O=C(O)C(CCc1ccccc1Cl)NCCc1ccccc1. The Morgan fingerprint density at radius 3 is 2.41 bits per heavy atom. The summed E-state index contributed by atoms with van der Waals surface area (Å²) in [5.41, 5.74) is 2.19. The van der Waals surface area contributed by atoms with Crippen molar-refractivity contribution in [3.05, 3.63) is 70.7 Å². The molecule has 116 valence electrons. The normalized spacial score (nSPS) is 12.0. The van der Waals surface area contributed by atoms with Crippen molar-refractivity contribution in [1.29, 1.82) is 0 Å². The number of aliphatic carboxylic acids is 1. The van der Waals surface area contributed by atoms with Crippen LogP contribution in [0.15, 0.2) is 54.6 Å². The van der Waals surface area contributed by atoms with Gasteiger partial charge in [-0.3, -0.25) is 4.79 Å². The van der Waals surface area contributed by atoms with Crippen molar-refractivity contribution in [3.63, 3.8) is 0 Å². The first-order chi connectivity index (χ1) is 10.7. The second kappa shape index (κ2) is 8.57. The van der Waals surface area contributed by atoms with Crippen LogP contribution in [-0.4, -0.2) is 23.7 Å². The maximum absolute atomic E-state index is 11.4. The van der Waals surface area contributed by atoms with E-state index in [1.54, 1.807) is 0 Å². The summed E-state index contributed by atoms with van der Waals surface area (Å²) in [6, 6.07) is 17.0. The molecule has 2 aromatic carbocycles. The molecule has 2 aromatic rings. The van der Waals surface area contributed by atoms with Gasteiger partial charge in [0.2, 0.25) is 0 Å². The zero-order valence-electron chi connectivity index (χ0n) is 12.3. The molecule has 0 aliphatic carbocycles. The van der Waals surface area contributed by atoms with Gasteiger partial charge in [0.1, 0.15) is 6.04 Å². The van der Waals surface area contributed by atoms with Gasteiger partial charge < -0.3 is 10.4 Å². The molecule has 1 atom stereocenters. The van der Waals surface area contributed by atoms with Crippen molar-refractivity contribution < 1.29 is 9.90 Å². The molecule has 4 heteroatoms. The summed E-state index contributed by atoms with van der Waals surface area (Å²) in [4.78, 5) is 11.4. The van der Waals surface area contributed by atoms with Gasteiger partial charge >= 0.3 is 5.97 Å². The van der Waals surface area contributed by atoms with Crippen molar-refractivity contribution in [1.82, 2.24) is 5.32 Å². The average molecular weight is 318 g/mol. The fourth-order valence-electron chi connectivity index (χ4n) is 2.35. The number of benzene rings is 2. The van der Waals surface area contributed by atoms with E-state index in [0.717, 1.165) is 12.0 Å². The van der Waals surface area contributed by atoms with E-state index in [0.29, 0.717) is 24.4 Å². The van der Waals surface area contributed by atoms with Gasteiger partial charge in [0.25, 0.3) is 0 Å². The summed E-state index contributed by atoms with van der Waals surface area (Å²) in [7, 11) is 0. The Balaban J connectivity index is 1.82. The van der Waals surface area contributed by atoms with E-state index in [-0.39, 0.29) is 0 Å². The van der Waals surface area contributed by atoms with Crippen molar-refractivity contribution in [2.24, 2.45) is 0 Å². The first kappa shape index (κ1) is 16.5. The van der Waals surface area contributed by atoms with Gasteiger partial charge in [-0.05, 0) is 43.0 Å². The van der Waals surface area contributed by atoms with Gasteiger partial charge in [-0.25, -0.2) is 0 Å². The molecule has 0 amide bonds. The van der Waals surface area contributed by atoms with Crippen molar-refractivity contribution >= 4 is 17.6 Å². The van der Waals surface area contributed by atoms with Crippen LogP contribution in [0.3, 0.4) is 0 Å². The molecular weight excluding hydrogens is 298 g/mol. The van der Waals surface area contributed by atoms with E-state index in [1.807, 2.05) is 54.6 Å². The number of carboxylic acids is 1. The minimum Gasteiger partial charge on any atom is -0.480 e. The zero-order valence-corrected chi connectivity index (χ0v) is 13.1. The lowest BCUT2D eigenvalue weighted by atomic mass is 10.0. The molecule has 0 saturated heterocycles. The third-order valence-electron chi connectivity index (χ3n) is 3.61. The molecule has 0 aliphatic heterocycles. The minimum absolute atomic E-state index is 0.522. The molecule has 0 aromatic heterocycles. The molecule has 0 heterocycles. The number of hydrogen-bond acceptors (Lipinski definition) is 2. The van der Waals surface area contributed by atoms with Crippen LogP contribution in [0.5, 0.6) is 0 Å². The van der Waals surface area contributed by atoms with Gasteiger partial charge in [0, 0.05) is 5.02 Å². The third kappa shape index (κ3) is 5.17. The lowest BCUT2D eigenvalue weighted by molar-refractivity contribution is -0.139. The van der Waals surface area contributed by atoms with Gasteiger partial charge in [-0.1, -0.05) is 60.1 Å². The first-order valence-corrected chi connectivity index (χ1v) is 7.78. The number of carbonyl (C=O) groups is 1. The van der Waals surface area contributed by atoms with Crippen LogP contribution in [0, 0.1) is 0 Å². The maximum atomic E-state index is 11.4. The molecule has 0 fully saturated rings. The van der Waals surface area contributed by atoms with E-state index in [4.69, 9.17) is 11.6 Å². The predicted molar refractivity (Wildman–Crippen MR) is 89.3 cm³/mol. The standard InChI is InChI=1S/C18H20ClNO2/c19-16-9-5-4-8-15(16)10-11-17(18(21)22)20-13-12-14-6-2-1-3-7-14/h1-9,17,20H,10-13H2,(H,21,22). The number of halogens is 1. The summed E-state index contributed by atoms with van der Waals surface area (Å²) >= 11 is 6.10. The van der Waals surface area contributed by atoms with Crippen LogP contribution in [0.4, 0.5) is 0 Å². The number of nitrogens with one attached hydrogen (secondary N) is 1. The Morgan fingerprint density at radius 1 is 1.05 bits per heavy atom. The molecule has 3 nitrogen and oxygen atoms in total. The van der Waals surface area contributed by atoms with E-state index < -0.39 is 12.0 Å². The Hall–Kier alpha value is -1.84. The quantitative estimate of drug-likeness (QED) is 0.782. The van der Waals surface area contributed by atoms with Gasteiger partial charge in [0.15, 0.2) is 0 Å². The van der Waals surface area contributed by atoms with E-state index in [1.165, 1.54) is 5.56 Å². The highest BCUT2D eigenvalue weighted by Crippen LogP contribution is 2.17. The minimum atomic E-state index is -0.819. The lowest BCUT2D eigenvalue weighted by Crippen LogP contribution is -2.38. The first-order valence-electron chi connectivity index (χ1n) is 7.40. The van der Waals surface area contributed by atoms with Crippen LogP contribution in [0.1, 0.15) is 17.5 Å². The Bertz CT molecular complexity index is 601. The Labute approximate surface area is 135 Å². The molecule has 0 saturated carbocycles. The summed E-state index contributed by atoms with van der Waals surface area (Å²) < 4.78 is 0. The molecular formula is C18H20ClNO2. The van der Waals surface area contributed by atoms with Crippen LogP contribution in [0.25, 0.3) is 0 Å².